The topological polar surface area (TPSA) is 226 Å². The van der Waals surface area contributed by atoms with Crippen LogP contribution in [0.25, 0.3) is 0 Å². The van der Waals surface area contributed by atoms with Crippen molar-refractivity contribution in [2.45, 2.75) is 55.4 Å². The average molecular weight is 776 g/mol. The van der Waals surface area contributed by atoms with Crippen molar-refractivity contribution in [2.24, 2.45) is 5.73 Å². The highest BCUT2D eigenvalue weighted by atomic mass is 32.2. The molecule has 0 saturated heterocycles. The van der Waals surface area contributed by atoms with Crippen LogP contribution in [0.1, 0.15) is 54.6 Å². The summed E-state index contributed by atoms with van der Waals surface area (Å²) in [6.07, 6.45) is 5.05. The minimum atomic E-state index is -3.60. The minimum absolute atomic E-state index is 0.132. The number of carbonyl (C=O) groups is 3. The Morgan fingerprint density at radius 2 is 1.21 bits per heavy atom. The van der Waals surface area contributed by atoms with Crippen molar-refractivity contribution in [1.29, 1.82) is 0 Å². The Labute approximate surface area is 311 Å². The summed E-state index contributed by atoms with van der Waals surface area (Å²) in [5, 5.41) is 2.14. The van der Waals surface area contributed by atoms with Gasteiger partial charge in [-0.15, -0.1) is 0 Å². The monoisotopic (exact) mass is 775 g/mol. The third kappa shape index (κ3) is 18.3. The molecule has 18 nitrogen and oxygen atoms in total. The van der Waals surface area contributed by atoms with Crippen molar-refractivity contribution in [1.82, 2.24) is 20.2 Å². The van der Waals surface area contributed by atoms with E-state index >= 15 is 0 Å². The third-order valence-corrected chi connectivity index (χ3v) is 10.3. The van der Waals surface area contributed by atoms with Gasteiger partial charge in [-0.1, -0.05) is 12.8 Å². The Bertz CT molecular complexity index is 1320. The molecule has 0 atom stereocenters. The SMILES string of the molecule is NC(=O)CCOCCOCCOCCOCCOCCOCCOCCOCCNC(=O)CCN1CCc2nc(S(=O)(=O)C3CCCC3)ncc2C1=O. The van der Waals surface area contributed by atoms with Crippen LogP contribution in [0.4, 0.5) is 0 Å². The number of hydrogen-bond acceptors (Lipinski definition) is 15. The van der Waals surface area contributed by atoms with Crippen LogP contribution in [0, 0.1) is 0 Å². The summed E-state index contributed by atoms with van der Waals surface area (Å²) in [5.41, 5.74) is 5.75. The Morgan fingerprint density at radius 1 is 0.736 bits per heavy atom. The van der Waals surface area contributed by atoms with Crippen molar-refractivity contribution in [3.05, 3.63) is 17.5 Å². The maximum atomic E-state index is 12.9. The van der Waals surface area contributed by atoms with E-state index in [1.165, 1.54) is 6.20 Å². The molecule has 3 rings (SSSR count). The van der Waals surface area contributed by atoms with Gasteiger partial charge in [0.25, 0.3) is 5.91 Å². The van der Waals surface area contributed by atoms with Gasteiger partial charge in [0.15, 0.2) is 0 Å². The van der Waals surface area contributed by atoms with E-state index in [0.717, 1.165) is 12.8 Å². The molecule has 0 unspecified atom stereocenters. The van der Waals surface area contributed by atoms with Crippen LogP contribution >= 0.6 is 0 Å². The van der Waals surface area contributed by atoms with Crippen LogP contribution in [0.15, 0.2) is 11.4 Å². The second kappa shape index (κ2) is 26.8. The van der Waals surface area contributed by atoms with Gasteiger partial charge in [-0.05, 0) is 12.8 Å². The van der Waals surface area contributed by atoms with Gasteiger partial charge in [0.2, 0.25) is 26.8 Å². The van der Waals surface area contributed by atoms with Crippen LogP contribution in [-0.4, -0.2) is 172 Å². The first-order chi connectivity index (χ1) is 25.8. The van der Waals surface area contributed by atoms with Crippen LogP contribution in [-0.2, 0) is 63.7 Å². The number of amides is 3. The molecule has 1 aliphatic heterocycles. The molecule has 3 amide bonds. The smallest absolute Gasteiger partial charge is 0.257 e. The molecule has 1 fully saturated rings. The van der Waals surface area contributed by atoms with Gasteiger partial charge in [0.1, 0.15) is 0 Å². The Hall–Kier alpha value is -2.88. The second-order valence-corrected chi connectivity index (χ2v) is 14.3. The van der Waals surface area contributed by atoms with Gasteiger partial charge in [0.05, 0.1) is 122 Å². The van der Waals surface area contributed by atoms with E-state index in [1.807, 2.05) is 0 Å². The van der Waals surface area contributed by atoms with Crippen molar-refractivity contribution in [3.63, 3.8) is 0 Å². The van der Waals surface area contributed by atoms with Crippen molar-refractivity contribution in [3.8, 4) is 0 Å². The number of sulfone groups is 1. The fourth-order valence-electron chi connectivity index (χ4n) is 5.38. The lowest BCUT2D eigenvalue weighted by Crippen LogP contribution is -2.41. The number of fused-ring (bicyclic) bond motifs is 1. The largest absolute Gasteiger partial charge is 0.379 e. The van der Waals surface area contributed by atoms with Crippen molar-refractivity contribution < 1.29 is 60.7 Å². The number of rotatable bonds is 32. The summed E-state index contributed by atoms with van der Waals surface area (Å²) in [6.45, 7) is 7.65. The molecule has 0 bridgehead atoms. The van der Waals surface area contributed by atoms with E-state index < -0.39 is 15.1 Å². The summed E-state index contributed by atoms with van der Waals surface area (Å²) in [7, 11) is -3.60. The molecule has 2 aliphatic rings. The molecule has 19 heteroatoms. The zero-order valence-electron chi connectivity index (χ0n) is 30.7. The lowest BCUT2D eigenvalue weighted by molar-refractivity contribution is -0.121. The maximum absolute atomic E-state index is 12.9. The number of hydrogen-bond donors (Lipinski definition) is 2. The summed E-state index contributed by atoms with van der Waals surface area (Å²) >= 11 is 0. The molecular weight excluding hydrogens is 718 g/mol. The first kappa shape index (κ1) is 44.5. The first-order valence-corrected chi connectivity index (χ1v) is 19.9. The highest BCUT2D eigenvalue weighted by Crippen LogP contribution is 2.29. The van der Waals surface area contributed by atoms with Gasteiger partial charge < -0.3 is 53.8 Å². The van der Waals surface area contributed by atoms with E-state index in [0.29, 0.717) is 144 Å². The van der Waals surface area contributed by atoms with E-state index in [-0.39, 0.29) is 47.8 Å². The van der Waals surface area contributed by atoms with Gasteiger partial charge in [-0.3, -0.25) is 14.4 Å². The Morgan fingerprint density at radius 3 is 1.70 bits per heavy atom. The Balaban J connectivity index is 1.04. The van der Waals surface area contributed by atoms with Gasteiger partial charge in [-0.25, -0.2) is 18.4 Å². The first-order valence-electron chi connectivity index (χ1n) is 18.3. The highest BCUT2D eigenvalue weighted by Gasteiger charge is 2.34. The van der Waals surface area contributed by atoms with Crippen LogP contribution in [0.3, 0.4) is 0 Å². The van der Waals surface area contributed by atoms with Crippen LogP contribution < -0.4 is 11.1 Å². The molecule has 1 saturated carbocycles. The molecule has 0 spiro atoms. The molecular formula is C34H57N5O13S. The molecule has 0 aromatic carbocycles. The van der Waals surface area contributed by atoms with E-state index in [9.17, 15) is 22.8 Å². The highest BCUT2D eigenvalue weighted by molar-refractivity contribution is 7.91. The molecule has 1 aromatic heterocycles. The van der Waals surface area contributed by atoms with Crippen LogP contribution in [0.2, 0.25) is 0 Å². The van der Waals surface area contributed by atoms with E-state index in [2.05, 4.69) is 15.3 Å². The lowest BCUT2D eigenvalue weighted by atomic mass is 10.1. The predicted molar refractivity (Wildman–Crippen MR) is 189 cm³/mol. The standard InChI is InChI=1S/C34H57N5O13S/c35-31(40)7-11-45-13-15-47-17-19-49-21-23-51-25-26-52-24-22-50-20-18-48-16-14-46-12-8-36-32(41)6-10-39-9-5-30-29(33(39)42)27-37-34(38-30)53(43,44)28-3-1-2-4-28/h27-28H,1-26H2,(H2,35,40)(H,36,41). The van der Waals surface area contributed by atoms with E-state index in [4.69, 9.17) is 43.6 Å². The van der Waals surface area contributed by atoms with Crippen molar-refractivity contribution >= 4 is 27.6 Å². The quantitative estimate of drug-likeness (QED) is 0.0708. The third-order valence-electron chi connectivity index (χ3n) is 8.25. The summed E-state index contributed by atoms with van der Waals surface area (Å²) in [4.78, 5) is 45.7. The number of carbonyl (C=O) groups excluding carboxylic acids is 3. The zero-order chi connectivity index (χ0) is 38.0. The summed E-state index contributed by atoms with van der Waals surface area (Å²) < 4.78 is 69.0. The van der Waals surface area contributed by atoms with Gasteiger partial charge in [-0.2, -0.15) is 0 Å². The summed E-state index contributed by atoms with van der Waals surface area (Å²) in [5.74, 6) is -0.887. The van der Waals surface area contributed by atoms with Gasteiger partial charge in [0, 0.05) is 45.1 Å². The second-order valence-electron chi connectivity index (χ2n) is 12.2. The number of aromatic nitrogens is 2. The van der Waals surface area contributed by atoms with Gasteiger partial charge >= 0.3 is 0 Å². The fourth-order valence-corrected chi connectivity index (χ4v) is 7.07. The van der Waals surface area contributed by atoms with E-state index in [1.54, 1.807) is 4.90 Å². The molecule has 3 N–H and O–H groups in total. The average Bonchev–Trinajstić information content (AvgIpc) is 3.70. The number of nitrogens with zero attached hydrogens (tertiary/aromatic N) is 3. The maximum Gasteiger partial charge on any atom is 0.257 e. The molecule has 302 valence electrons. The summed E-state index contributed by atoms with van der Waals surface area (Å²) in [6, 6.07) is 0. The number of nitrogens with one attached hydrogen (secondary N) is 1. The number of ether oxygens (including phenoxy) is 8. The van der Waals surface area contributed by atoms with Crippen molar-refractivity contribution in [2.75, 3.05) is 125 Å². The number of primary amides is 1. The number of nitrogens with two attached hydrogens (primary N) is 1. The molecule has 2 heterocycles. The lowest BCUT2D eigenvalue weighted by Gasteiger charge is -2.27. The Kier molecular flexibility index (Phi) is 22.5. The molecule has 1 aromatic rings. The van der Waals surface area contributed by atoms with Crippen LogP contribution in [0.5, 0.6) is 0 Å². The predicted octanol–water partition coefficient (Wildman–Crippen LogP) is -0.294. The normalized spacial score (nSPS) is 14.9. The fraction of sp³-hybridized carbons (Fsp3) is 0.794. The molecule has 1 aliphatic carbocycles. The minimum Gasteiger partial charge on any atom is -0.379 e. The molecule has 0 radical (unpaired) electrons. The zero-order valence-corrected chi connectivity index (χ0v) is 31.5. The molecule has 53 heavy (non-hydrogen) atoms.